The third-order valence-corrected chi connectivity index (χ3v) is 7.94. The first kappa shape index (κ1) is 30.8. The fourth-order valence-corrected chi connectivity index (χ4v) is 5.79. The molecule has 1 saturated heterocycles. The Hall–Kier alpha value is -4.63. The molecule has 1 unspecified atom stereocenters. The molecule has 6 nitrogen and oxygen atoms in total. The largest absolute Gasteiger partial charge is 0.549 e. The molecule has 1 aliphatic rings. The SMILES string of the molecule is CCCc1ccccc1C1CN(c2ccc(NC(=O)c3ccccc3-c3ccc(C(F)(F)F)cc3)cc2)CCN1CC(=O)[O-]. The minimum atomic E-state index is -4.44. The van der Waals surface area contributed by atoms with Crippen molar-refractivity contribution in [2.45, 2.75) is 32.0 Å². The lowest BCUT2D eigenvalue weighted by Gasteiger charge is -2.43. The van der Waals surface area contributed by atoms with Gasteiger partial charge in [0.15, 0.2) is 0 Å². The molecule has 1 heterocycles. The maximum absolute atomic E-state index is 13.3. The van der Waals surface area contributed by atoms with Crippen molar-refractivity contribution >= 4 is 23.3 Å². The molecule has 1 amide bonds. The van der Waals surface area contributed by atoms with Crippen LogP contribution in [-0.2, 0) is 17.4 Å². The van der Waals surface area contributed by atoms with E-state index in [2.05, 4.69) is 29.3 Å². The van der Waals surface area contributed by atoms with Crippen LogP contribution >= 0.6 is 0 Å². The normalized spacial score (nSPS) is 15.6. The molecule has 0 radical (unpaired) electrons. The molecule has 0 spiro atoms. The molecule has 5 rings (SSSR count). The number of hydrogen-bond donors (Lipinski definition) is 1. The first-order valence-corrected chi connectivity index (χ1v) is 14.6. The fraction of sp³-hybridized carbons (Fsp3) is 0.257. The van der Waals surface area contributed by atoms with Crippen LogP contribution in [0.4, 0.5) is 24.5 Å². The highest BCUT2D eigenvalue weighted by Crippen LogP contribution is 2.33. The third kappa shape index (κ3) is 7.11. The fourth-order valence-electron chi connectivity index (χ4n) is 5.79. The van der Waals surface area contributed by atoms with Crippen molar-refractivity contribution in [1.29, 1.82) is 0 Å². The van der Waals surface area contributed by atoms with Gasteiger partial charge in [0.1, 0.15) is 0 Å². The second-order valence-corrected chi connectivity index (χ2v) is 10.9. The molecule has 4 aromatic rings. The van der Waals surface area contributed by atoms with Crippen molar-refractivity contribution in [2.24, 2.45) is 0 Å². The minimum absolute atomic E-state index is 0.120. The monoisotopic (exact) mass is 600 g/mol. The molecule has 0 bridgehead atoms. The van der Waals surface area contributed by atoms with E-state index >= 15 is 0 Å². The topological polar surface area (TPSA) is 75.7 Å². The number of carbonyl (C=O) groups is 2. The van der Waals surface area contributed by atoms with Gasteiger partial charge in [0, 0.05) is 43.1 Å². The lowest BCUT2D eigenvalue weighted by Crippen LogP contribution is -2.52. The van der Waals surface area contributed by atoms with Crippen molar-refractivity contribution in [3.63, 3.8) is 0 Å². The Morgan fingerprint density at radius 2 is 1.57 bits per heavy atom. The second kappa shape index (κ2) is 13.3. The average Bonchev–Trinajstić information content (AvgIpc) is 3.01. The van der Waals surface area contributed by atoms with Gasteiger partial charge in [-0.1, -0.05) is 67.9 Å². The maximum atomic E-state index is 13.3. The summed E-state index contributed by atoms with van der Waals surface area (Å²) in [7, 11) is 0. The average molecular weight is 601 g/mol. The summed E-state index contributed by atoms with van der Waals surface area (Å²) >= 11 is 0. The van der Waals surface area contributed by atoms with Gasteiger partial charge in [-0.3, -0.25) is 9.69 Å². The zero-order valence-electron chi connectivity index (χ0n) is 24.3. The van der Waals surface area contributed by atoms with Crippen LogP contribution in [0.5, 0.6) is 0 Å². The van der Waals surface area contributed by atoms with E-state index in [1.807, 2.05) is 41.3 Å². The number of alkyl halides is 3. The highest BCUT2D eigenvalue weighted by molar-refractivity contribution is 6.08. The van der Waals surface area contributed by atoms with Gasteiger partial charge < -0.3 is 20.1 Å². The van der Waals surface area contributed by atoms with Crippen molar-refractivity contribution < 1.29 is 27.9 Å². The van der Waals surface area contributed by atoms with Gasteiger partial charge in [0.05, 0.1) is 17.6 Å². The van der Waals surface area contributed by atoms with Gasteiger partial charge in [-0.05, 0) is 71.1 Å². The number of benzene rings is 4. The molecule has 1 fully saturated rings. The second-order valence-electron chi connectivity index (χ2n) is 10.9. The number of nitrogens with one attached hydrogen (secondary N) is 1. The van der Waals surface area contributed by atoms with Crippen LogP contribution in [0, 0.1) is 0 Å². The van der Waals surface area contributed by atoms with Crippen LogP contribution < -0.4 is 15.3 Å². The maximum Gasteiger partial charge on any atom is 0.416 e. The van der Waals surface area contributed by atoms with E-state index in [1.54, 1.807) is 24.3 Å². The van der Waals surface area contributed by atoms with E-state index < -0.39 is 17.7 Å². The van der Waals surface area contributed by atoms with Gasteiger partial charge in [0.2, 0.25) is 0 Å². The number of piperazine rings is 1. The summed E-state index contributed by atoms with van der Waals surface area (Å²) in [5.41, 5.74) is 4.47. The number of rotatable bonds is 9. The molecular weight excluding hydrogens is 567 g/mol. The van der Waals surface area contributed by atoms with E-state index in [9.17, 15) is 27.9 Å². The molecule has 0 aliphatic carbocycles. The summed E-state index contributed by atoms with van der Waals surface area (Å²) in [5, 5.41) is 14.4. The van der Waals surface area contributed by atoms with Crippen LogP contribution in [0.25, 0.3) is 11.1 Å². The highest BCUT2D eigenvalue weighted by atomic mass is 19.4. The number of aliphatic carboxylic acids is 1. The molecule has 1 N–H and O–H groups in total. The van der Waals surface area contributed by atoms with Gasteiger partial charge in [-0.25, -0.2) is 0 Å². The van der Waals surface area contributed by atoms with Crippen LogP contribution in [0.1, 0.15) is 46.4 Å². The summed E-state index contributed by atoms with van der Waals surface area (Å²) in [6.07, 6.45) is -2.55. The summed E-state index contributed by atoms with van der Waals surface area (Å²) in [5.74, 6) is -1.48. The van der Waals surface area contributed by atoms with Crippen molar-refractivity contribution in [3.05, 3.63) is 119 Å². The van der Waals surface area contributed by atoms with E-state index in [0.717, 1.165) is 36.2 Å². The van der Waals surface area contributed by atoms with Gasteiger partial charge in [-0.2, -0.15) is 13.2 Å². The van der Waals surface area contributed by atoms with E-state index in [1.165, 1.54) is 17.7 Å². The first-order valence-electron chi connectivity index (χ1n) is 14.6. The van der Waals surface area contributed by atoms with E-state index in [-0.39, 0.29) is 18.5 Å². The molecule has 9 heteroatoms. The van der Waals surface area contributed by atoms with Crippen LogP contribution in [0.15, 0.2) is 97.1 Å². The number of carbonyl (C=O) groups excluding carboxylic acids is 2. The molecule has 228 valence electrons. The lowest BCUT2D eigenvalue weighted by atomic mass is 9.94. The van der Waals surface area contributed by atoms with Crippen molar-refractivity contribution in [3.8, 4) is 11.1 Å². The van der Waals surface area contributed by atoms with Crippen LogP contribution in [-0.4, -0.2) is 43.0 Å². The Bertz CT molecular complexity index is 1600. The molecule has 1 atom stereocenters. The predicted molar refractivity (Wildman–Crippen MR) is 163 cm³/mol. The van der Waals surface area contributed by atoms with Crippen molar-refractivity contribution in [2.75, 3.05) is 36.4 Å². The standard InChI is InChI=1S/C35H34F3N3O3/c1-2-7-24-8-3-4-10-30(24)32-22-40(20-21-41(32)23-33(42)43)28-18-16-27(17-19-28)39-34(44)31-11-6-5-9-29(31)25-12-14-26(15-13-25)35(36,37)38/h3-6,8-19,32H,2,7,20-23H2,1H3,(H,39,44)(H,42,43)/p-1. The smallest absolute Gasteiger partial charge is 0.416 e. The number of aryl methyl sites for hydroxylation is 1. The Morgan fingerprint density at radius 3 is 2.25 bits per heavy atom. The highest BCUT2D eigenvalue weighted by Gasteiger charge is 2.31. The summed E-state index contributed by atoms with van der Waals surface area (Å²) in [6.45, 7) is 3.76. The Morgan fingerprint density at radius 1 is 0.886 bits per heavy atom. The Labute approximate surface area is 254 Å². The zero-order valence-corrected chi connectivity index (χ0v) is 24.3. The first-order chi connectivity index (χ1) is 21.1. The predicted octanol–water partition coefficient (Wildman–Crippen LogP) is 6.19. The quantitative estimate of drug-likeness (QED) is 0.248. The number of halogens is 3. The van der Waals surface area contributed by atoms with E-state index in [4.69, 9.17) is 0 Å². The summed E-state index contributed by atoms with van der Waals surface area (Å²) < 4.78 is 39.1. The Kier molecular flexibility index (Phi) is 9.35. The van der Waals surface area contributed by atoms with E-state index in [0.29, 0.717) is 42.0 Å². The lowest BCUT2D eigenvalue weighted by molar-refractivity contribution is -0.306. The third-order valence-electron chi connectivity index (χ3n) is 7.94. The summed E-state index contributed by atoms with van der Waals surface area (Å²) in [4.78, 5) is 29.0. The molecule has 0 saturated carbocycles. The van der Waals surface area contributed by atoms with Crippen LogP contribution in [0.2, 0.25) is 0 Å². The van der Waals surface area contributed by atoms with Gasteiger partial charge >= 0.3 is 6.18 Å². The number of carboxylic acid groups (broad SMARTS) is 1. The minimum Gasteiger partial charge on any atom is -0.549 e. The Balaban J connectivity index is 1.32. The molecule has 4 aromatic carbocycles. The number of amides is 1. The number of carboxylic acids is 1. The van der Waals surface area contributed by atoms with Gasteiger partial charge in [-0.15, -0.1) is 0 Å². The van der Waals surface area contributed by atoms with Gasteiger partial charge in [0.25, 0.3) is 5.91 Å². The molecule has 0 aromatic heterocycles. The zero-order chi connectivity index (χ0) is 31.3. The number of nitrogens with zero attached hydrogens (tertiary/aromatic N) is 2. The molecule has 44 heavy (non-hydrogen) atoms. The van der Waals surface area contributed by atoms with Crippen molar-refractivity contribution in [1.82, 2.24) is 4.90 Å². The number of hydrogen-bond acceptors (Lipinski definition) is 5. The summed E-state index contributed by atoms with van der Waals surface area (Å²) in [6, 6.07) is 27.0. The van der Waals surface area contributed by atoms with Crippen LogP contribution in [0.3, 0.4) is 0 Å². The number of anilines is 2. The molecular formula is C35H33F3N3O3-. The molecule has 1 aliphatic heterocycles.